The first-order valence-electron chi connectivity index (χ1n) is 4.46. The van der Waals surface area contributed by atoms with Crippen molar-refractivity contribution in [1.82, 2.24) is 5.43 Å². The molecule has 0 fully saturated rings. The first kappa shape index (κ1) is 11.5. The number of ether oxygens (including phenoxy) is 2. The molecule has 5 nitrogen and oxygen atoms in total. The Balaban J connectivity index is 2.34. The normalized spacial score (nSPS) is 9.73. The number of hydrogen-bond acceptors (Lipinski definition) is 4. The van der Waals surface area contributed by atoms with E-state index in [2.05, 4.69) is 0 Å². The number of amides is 1. The molecule has 0 saturated carbocycles. The van der Waals surface area contributed by atoms with Crippen LogP contribution in [0.1, 0.15) is 5.56 Å². The van der Waals surface area contributed by atoms with E-state index in [1.165, 1.54) is 0 Å². The quantitative estimate of drug-likeness (QED) is 0.413. The predicted molar refractivity (Wildman–Crippen MR) is 55.0 cm³/mol. The summed E-state index contributed by atoms with van der Waals surface area (Å²) in [7, 11) is 1.61. The zero-order valence-corrected chi connectivity index (χ0v) is 8.53. The van der Waals surface area contributed by atoms with Gasteiger partial charge in [0, 0.05) is 0 Å². The topological polar surface area (TPSA) is 73.6 Å². The van der Waals surface area contributed by atoms with Gasteiger partial charge in [0.05, 0.1) is 13.7 Å². The number of methoxy groups -OCH3 is 1. The molecule has 0 aliphatic carbocycles. The van der Waals surface area contributed by atoms with E-state index < -0.39 is 0 Å². The zero-order chi connectivity index (χ0) is 11.1. The van der Waals surface area contributed by atoms with Crippen LogP contribution in [-0.2, 0) is 16.1 Å². The van der Waals surface area contributed by atoms with Crippen LogP contribution in [0.2, 0.25) is 0 Å². The molecule has 1 aromatic rings. The van der Waals surface area contributed by atoms with Crippen LogP contribution in [0.25, 0.3) is 0 Å². The van der Waals surface area contributed by atoms with Crippen molar-refractivity contribution in [2.75, 3.05) is 13.7 Å². The summed E-state index contributed by atoms with van der Waals surface area (Å²) in [5, 5.41) is 0. The largest absolute Gasteiger partial charge is 0.497 e. The number of carbonyl (C=O) groups excluding carboxylic acids is 1. The van der Waals surface area contributed by atoms with Gasteiger partial charge in [0.25, 0.3) is 5.91 Å². The summed E-state index contributed by atoms with van der Waals surface area (Å²) in [5.74, 6) is 5.34. The maximum atomic E-state index is 10.7. The Hall–Kier alpha value is -1.59. The summed E-state index contributed by atoms with van der Waals surface area (Å²) < 4.78 is 10.1. The molecule has 0 aliphatic rings. The van der Waals surface area contributed by atoms with E-state index in [0.29, 0.717) is 6.61 Å². The van der Waals surface area contributed by atoms with Crippen molar-refractivity contribution in [1.29, 1.82) is 0 Å². The molecule has 5 heteroatoms. The second-order valence-corrected chi connectivity index (χ2v) is 2.91. The van der Waals surface area contributed by atoms with Gasteiger partial charge < -0.3 is 9.47 Å². The molecule has 0 radical (unpaired) electrons. The molecule has 1 rings (SSSR count). The summed E-state index contributed by atoms with van der Waals surface area (Å²) in [6.45, 7) is 0.333. The third kappa shape index (κ3) is 3.97. The average molecular weight is 210 g/mol. The second kappa shape index (κ2) is 6.00. The van der Waals surface area contributed by atoms with Gasteiger partial charge in [-0.3, -0.25) is 10.2 Å². The fourth-order valence-corrected chi connectivity index (χ4v) is 1.03. The third-order valence-electron chi connectivity index (χ3n) is 1.82. The molecular weight excluding hydrogens is 196 g/mol. The summed E-state index contributed by atoms with van der Waals surface area (Å²) in [5.41, 5.74) is 2.96. The zero-order valence-electron chi connectivity index (χ0n) is 8.53. The van der Waals surface area contributed by atoms with Crippen LogP contribution in [0.15, 0.2) is 24.3 Å². The highest BCUT2D eigenvalue weighted by molar-refractivity contribution is 5.76. The molecule has 0 atom stereocenters. The molecule has 0 bridgehead atoms. The van der Waals surface area contributed by atoms with Crippen LogP contribution in [0.3, 0.4) is 0 Å². The van der Waals surface area contributed by atoms with E-state index in [9.17, 15) is 4.79 Å². The molecule has 82 valence electrons. The van der Waals surface area contributed by atoms with E-state index in [1.54, 1.807) is 7.11 Å². The molecule has 0 unspecified atom stereocenters. The summed E-state index contributed by atoms with van der Waals surface area (Å²) in [6, 6.07) is 7.42. The molecule has 0 saturated heterocycles. The molecule has 0 spiro atoms. The van der Waals surface area contributed by atoms with Gasteiger partial charge in [-0.05, 0) is 17.7 Å². The maximum Gasteiger partial charge on any atom is 0.259 e. The monoisotopic (exact) mass is 210 g/mol. The molecule has 3 N–H and O–H groups in total. The Kier molecular flexibility index (Phi) is 4.59. The minimum absolute atomic E-state index is 0.0392. The van der Waals surface area contributed by atoms with E-state index >= 15 is 0 Å². The number of benzene rings is 1. The van der Waals surface area contributed by atoms with Crippen LogP contribution in [-0.4, -0.2) is 19.6 Å². The SMILES string of the molecule is COc1ccc(COCC(=O)NN)cc1. The van der Waals surface area contributed by atoms with Gasteiger partial charge in [-0.25, -0.2) is 5.84 Å². The van der Waals surface area contributed by atoms with Gasteiger partial charge in [-0.1, -0.05) is 12.1 Å². The molecule has 15 heavy (non-hydrogen) atoms. The molecule has 1 aromatic carbocycles. The van der Waals surface area contributed by atoms with Crippen molar-refractivity contribution in [2.45, 2.75) is 6.61 Å². The number of hydrogen-bond donors (Lipinski definition) is 2. The molecule has 1 amide bonds. The first-order valence-corrected chi connectivity index (χ1v) is 4.46. The summed E-state index contributed by atoms with van der Waals surface area (Å²) >= 11 is 0. The van der Waals surface area contributed by atoms with Crippen molar-refractivity contribution in [3.63, 3.8) is 0 Å². The van der Waals surface area contributed by atoms with Gasteiger partial charge in [-0.15, -0.1) is 0 Å². The highest BCUT2D eigenvalue weighted by atomic mass is 16.5. The van der Waals surface area contributed by atoms with Crippen LogP contribution >= 0.6 is 0 Å². The molecular formula is C10H14N2O3. The van der Waals surface area contributed by atoms with Gasteiger partial charge in [0.15, 0.2) is 0 Å². The van der Waals surface area contributed by atoms with Crippen LogP contribution in [0.4, 0.5) is 0 Å². The number of nitrogens with one attached hydrogen (secondary N) is 1. The summed E-state index contributed by atoms with van der Waals surface area (Å²) in [4.78, 5) is 10.7. The number of hydrazine groups is 1. The maximum absolute atomic E-state index is 10.7. The highest BCUT2D eigenvalue weighted by Crippen LogP contribution is 2.11. The lowest BCUT2D eigenvalue weighted by atomic mass is 10.2. The Morgan fingerprint density at radius 3 is 2.60 bits per heavy atom. The molecule has 0 aromatic heterocycles. The smallest absolute Gasteiger partial charge is 0.259 e. The minimum Gasteiger partial charge on any atom is -0.497 e. The second-order valence-electron chi connectivity index (χ2n) is 2.91. The van der Waals surface area contributed by atoms with Crippen molar-refractivity contribution >= 4 is 5.91 Å². The van der Waals surface area contributed by atoms with Gasteiger partial charge >= 0.3 is 0 Å². The lowest BCUT2D eigenvalue weighted by Gasteiger charge is -2.04. The standard InChI is InChI=1S/C10H14N2O3/c1-14-9-4-2-8(3-5-9)6-15-7-10(13)12-11/h2-5H,6-7,11H2,1H3,(H,12,13). The van der Waals surface area contributed by atoms with Gasteiger partial charge in [0.1, 0.15) is 12.4 Å². The number of carbonyl (C=O) groups is 1. The molecule has 0 heterocycles. The Morgan fingerprint density at radius 2 is 2.07 bits per heavy atom. The fourth-order valence-electron chi connectivity index (χ4n) is 1.03. The number of nitrogens with two attached hydrogens (primary N) is 1. The lowest BCUT2D eigenvalue weighted by Crippen LogP contribution is -2.33. The fraction of sp³-hybridized carbons (Fsp3) is 0.300. The van der Waals surface area contributed by atoms with Crippen LogP contribution in [0, 0.1) is 0 Å². The minimum atomic E-state index is -0.344. The van der Waals surface area contributed by atoms with Crippen LogP contribution < -0.4 is 16.0 Å². The van der Waals surface area contributed by atoms with Crippen molar-refractivity contribution in [3.8, 4) is 5.75 Å². The summed E-state index contributed by atoms with van der Waals surface area (Å²) in [6.07, 6.45) is 0. The van der Waals surface area contributed by atoms with Crippen molar-refractivity contribution in [2.24, 2.45) is 5.84 Å². The average Bonchev–Trinajstić information content (AvgIpc) is 2.29. The highest BCUT2D eigenvalue weighted by Gasteiger charge is 1.99. The molecule has 0 aliphatic heterocycles. The van der Waals surface area contributed by atoms with Gasteiger partial charge in [0.2, 0.25) is 0 Å². The Morgan fingerprint density at radius 1 is 1.40 bits per heavy atom. The first-order chi connectivity index (χ1) is 7.26. The van der Waals surface area contributed by atoms with Crippen molar-refractivity contribution < 1.29 is 14.3 Å². The lowest BCUT2D eigenvalue weighted by molar-refractivity contribution is -0.126. The Labute approximate surface area is 88.1 Å². The Bertz CT molecular complexity index is 311. The van der Waals surface area contributed by atoms with E-state index in [4.69, 9.17) is 15.3 Å². The third-order valence-corrected chi connectivity index (χ3v) is 1.82. The van der Waals surface area contributed by atoms with E-state index in [1.807, 2.05) is 29.7 Å². The van der Waals surface area contributed by atoms with Gasteiger partial charge in [-0.2, -0.15) is 0 Å². The van der Waals surface area contributed by atoms with E-state index in [0.717, 1.165) is 11.3 Å². The van der Waals surface area contributed by atoms with Crippen LogP contribution in [0.5, 0.6) is 5.75 Å². The van der Waals surface area contributed by atoms with Crippen molar-refractivity contribution in [3.05, 3.63) is 29.8 Å². The predicted octanol–water partition coefficient (Wildman–Crippen LogP) is 0.202. The number of rotatable bonds is 5. The van der Waals surface area contributed by atoms with E-state index in [-0.39, 0.29) is 12.5 Å².